The Bertz CT molecular complexity index is 1330. The van der Waals surface area contributed by atoms with E-state index in [1.165, 1.54) is 6.07 Å². The summed E-state index contributed by atoms with van der Waals surface area (Å²) in [4.78, 5) is 10.5. The van der Waals surface area contributed by atoms with E-state index < -0.39 is 21.8 Å². The van der Waals surface area contributed by atoms with Crippen molar-refractivity contribution in [2.45, 2.75) is 49.7 Å². The molecule has 0 saturated heterocycles. The summed E-state index contributed by atoms with van der Waals surface area (Å²) in [7, 11) is -4.23. The lowest BCUT2D eigenvalue weighted by atomic mass is 9.96. The van der Waals surface area contributed by atoms with Crippen LogP contribution in [0.3, 0.4) is 0 Å². The molecule has 198 valence electrons. The van der Waals surface area contributed by atoms with E-state index in [0.29, 0.717) is 37.3 Å². The molecule has 1 aromatic carbocycles. The smallest absolute Gasteiger partial charge is 0.396 e. The molecule has 2 aromatic heterocycles. The predicted molar refractivity (Wildman–Crippen MR) is 136 cm³/mol. The number of hydrogen-bond donors (Lipinski definition) is 2. The Labute approximate surface area is 214 Å². The van der Waals surface area contributed by atoms with E-state index in [9.17, 15) is 26.7 Å². The fourth-order valence-corrected chi connectivity index (χ4v) is 5.35. The zero-order valence-corrected chi connectivity index (χ0v) is 21.0. The van der Waals surface area contributed by atoms with Crippen LogP contribution in [0.15, 0.2) is 59.6 Å². The molecule has 37 heavy (non-hydrogen) atoms. The number of pyridine rings is 2. The fraction of sp³-hybridized carbons (Fsp3) is 0.385. The Morgan fingerprint density at radius 3 is 2.54 bits per heavy atom. The summed E-state index contributed by atoms with van der Waals surface area (Å²) in [5.74, 6) is 0.260. The van der Waals surface area contributed by atoms with Crippen LogP contribution in [0.1, 0.15) is 43.2 Å². The Morgan fingerprint density at radius 2 is 1.76 bits per heavy atom. The maximum absolute atomic E-state index is 13.9. The van der Waals surface area contributed by atoms with Crippen molar-refractivity contribution in [2.24, 2.45) is 0 Å². The van der Waals surface area contributed by atoms with Crippen LogP contribution < -0.4 is 9.62 Å². The minimum absolute atomic E-state index is 0.0706. The van der Waals surface area contributed by atoms with Crippen LogP contribution in [0, 0.1) is 0 Å². The van der Waals surface area contributed by atoms with Crippen LogP contribution in [-0.2, 0) is 22.6 Å². The number of unbranched alkanes of at least 4 members (excludes halogenated alkanes) is 1. The SMILES string of the molecule is O=S1(=O)Nc2ccc(C(F)(F)F)c(n2)-c2ccccc2CCCCCN(CCCCO)c2cccc1n2. The largest absolute Gasteiger partial charge is 0.418 e. The van der Waals surface area contributed by atoms with Gasteiger partial charge in [-0.3, -0.25) is 4.72 Å². The maximum atomic E-state index is 13.9. The van der Waals surface area contributed by atoms with Crippen molar-refractivity contribution in [3.8, 4) is 11.3 Å². The number of alkyl halides is 3. The summed E-state index contributed by atoms with van der Waals surface area (Å²) < 4.78 is 70.3. The number of anilines is 2. The first-order chi connectivity index (χ1) is 17.7. The van der Waals surface area contributed by atoms with Gasteiger partial charge in [-0.1, -0.05) is 36.8 Å². The third-order valence-electron chi connectivity index (χ3n) is 6.23. The number of nitrogens with zero attached hydrogens (tertiary/aromatic N) is 3. The highest BCUT2D eigenvalue weighted by molar-refractivity contribution is 7.92. The van der Waals surface area contributed by atoms with Gasteiger partial charge in [0, 0.05) is 25.3 Å². The minimum atomic E-state index is -4.66. The van der Waals surface area contributed by atoms with E-state index in [2.05, 4.69) is 14.7 Å². The molecule has 0 spiro atoms. The average Bonchev–Trinajstić information content (AvgIpc) is 2.86. The van der Waals surface area contributed by atoms with Gasteiger partial charge in [0.05, 0.1) is 11.3 Å². The van der Waals surface area contributed by atoms with Gasteiger partial charge >= 0.3 is 6.18 Å². The van der Waals surface area contributed by atoms with Gasteiger partial charge in [-0.2, -0.15) is 21.6 Å². The first-order valence-corrected chi connectivity index (χ1v) is 13.7. The normalized spacial score (nSPS) is 16.1. The molecular weight excluding hydrogens is 505 g/mol. The summed E-state index contributed by atoms with van der Waals surface area (Å²) >= 11 is 0. The number of aliphatic hydroxyl groups excluding tert-OH is 1. The number of aliphatic hydroxyl groups is 1. The number of aryl methyl sites for hydroxylation is 1. The number of aromatic nitrogens is 2. The summed E-state index contributed by atoms with van der Waals surface area (Å²) in [5, 5.41) is 8.91. The van der Waals surface area contributed by atoms with Gasteiger partial charge in [-0.25, -0.2) is 9.97 Å². The molecule has 0 saturated carbocycles. The van der Waals surface area contributed by atoms with Crippen molar-refractivity contribution in [1.29, 1.82) is 0 Å². The molecule has 0 atom stereocenters. The third kappa shape index (κ3) is 6.58. The van der Waals surface area contributed by atoms with Crippen molar-refractivity contribution in [2.75, 3.05) is 29.3 Å². The zero-order valence-electron chi connectivity index (χ0n) is 20.2. The number of fused-ring (bicyclic) bond motifs is 6. The lowest BCUT2D eigenvalue weighted by Crippen LogP contribution is -2.27. The summed E-state index contributed by atoms with van der Waals surface area (Å²) in [5.41, 5.74) is -0.192. The van der Waals surface area contributed by atoms with Crippen LogP contribution in [0.2, 0.25) is 0 Å². The monoisotopic (exact) mass is 534 g/mol. The van der Waals surface area contributed by atoms with Gasteiger partial charge in [0.2, 0.25) is 0 Å². The van der Waals surface area contributed by atoms with Gasteiger partial charge in [-0.05, 0) is 61.9 Å². The van der Waals surface area contributed by atoms with Crippen LogP contribution in [0.4, 0.5) is 24.8 Å². The van der Waals surface area contributed by atoms with E-state index in [1.807, 2.05) is 4.90 Å². The number of sulfonamides is 1. The van der Waals surface area contributed by atoms with E-state index in [0.717, 1.165) is 43.4 Å². The van der Waals surface area contributed by atoms with Crippen molar-refractivity contribution >= 4 is 21.7 Å². The second-order valence-corrected chi connectivity index (χ2v) is 10.5. The van der Waals surface area contributed by atoms with Gasteiger partial charge in [0.25, 0.3) is 10.0 Å². The Morgan fingerprint density at radius 1 is 0.946 bits per heavy atom. The average molecular weight is 535 g/mol. The second-order valence-electron chi connectivity index (χ2n) is 8.92. The maximum Gasteiger partial charge on any atom is 0.418 e. The molecule has 0 fully saturated rings. The quantitative estimate of drug-likeness (QED) is 0.443. The lowest BCUT2D eigenvalue weighted by Gasteiger charge is -2.24. The van der Waals surface area contributed by atoms with Crippen molar-refractivity contribution in [3.05, 3.63) is 65.7 Å². The summed E-state index contributed by atoms with van der Waals surface area (Å²) in [6, 6.07) is 13.3. The van der Waals surface area contributed by atoms with Gasteiger partial charge in [0.1, 0.15) is 11.6 Å². The summed E-state index contributed by atoms with van der Waals surface area (Å²) in [6.45, 7) is 1.31. The highest BCUT2D eigenvalue weighted by Crippen LogP contribution is 2.38. The first-order valence-electron chi connectivity index (χ1n) is 12.2. The molecule has 0 radical (unpaired) electrons. The van der Waals surface area contributed by atoms with E-state index in [-0.39, 0.29) is 23.1 Å². The molecule has 4 bridgehead atoms. The zero-order chi connectivity index (χ0) is 26.5. The highest BCUT2D eigenvalue weighted by atomic mass is 32.2. The Hall–Kier alpha value is -3.18. The molecule has 0 unspecified atom stereocenters. The molecule has 3 heterocycles. The van der Waals surface area contributed by atoms with E-state index >= 15 is 0 Å². The van der Waals surface area contributed by atoms with E-state index in [1.54, 1.807) is 36.4 Å². The minimum Gasteiger partial charge on any atom is -0.396 e. The van der Waals surface area contributed by atoms with Crippen LogP contribution in [0.5, 0.6) is 0 Å². The van der Waals surface area contributed by atoms with Crippen LogP contribution in [-0.4, -0.2) is 43.2 Å². The van der Waals surface area contributed by atoms with Gasteiger partial charge in [-0.15, -0.1) is 0 Å². The first kappa shape index (κ1) is 26.9. The third-order valence-corrected chi connectivity index (χ3v) is 7.49. The Kier molecular flexibility index (Phi) is 8.33. The molecule has 2 N–H and O–H groups in total. The molecule has 4 rings (SSSR count). The standard InChI is InChI=1S/C26H29F3N4O3S/c27-26(28,29)21-14-15-22-30-25(21)20-11-4-3-10-19(20)9-2-1-5-16-33(17-6-7-18-34)23-12-8-13-24(31-23)37(35,36)32-22/h3-4,8,10-15,34H,1-2,5-7,9,16-18H2,(H,30,32). The molecule has 3 aromatic rings. The summed E-state index contributed by atoms with van der Waals surface area (Å²) in [6.07, 6.45) is -0.382. The van der Waals surface area contributed by atoms with Gasteiger partial charge < -0.3 is 10.0 Å². The van der Waals surface area contributed by atoms with Crippen molar-refractivity contribution in [1.82, 2.24) is 9.97 Å². The number of rotatable bonds is 4. The Balaban J connectivity index is 1.80. The predicted octanol–water partition coefficient (Wildman–Crippen LogP) is 5.27. The van der Waals surface area contributed by atoms with Crippen molar-refractivity contribution in [3.63, 3.8) is 0 Å². The number of halogens is 3. The molecule has 0 amide bonds. The van der Waals surface area contributed by atoms with E-state index in [4.69, 9.17) is 0 Å². The van der Waals surface area contributed by atoms with Crippen molar-refractivity contribution < 1.29 is 26.7 Å². The molecular formula is C26H29F3N4O3S. The molecule has 1 aliphatic rings. The van der Waals surface area contributed by atoms with Crippen LogP contribution in [0.25, 0.3) is 11.3 Å². The molecule has 7 nitrogen and oxygen atoms in total. The molecule has 1 aliphatic heterocycles. The molecule has 11 heteroatoms. The topological polar surface area (TPSA) is 95.4 Å². The number of hydrogen-bond acceptors (Lipinski definition) is 6. The molecule has 0 aliphatic carbocycles. The number of benzene rings is 1. The lowest BCUT2D eigenvalue weighted by molar-refractivity contribution is -0.137. The highest BCUT2D eigenvalue weighted by Gasteiger charge is 2.35. The van der Waals surface area contributed by atoms with Gasteiger partial charge in [0.15, 0.2) is 5.03 Å². The number of nitrogens with one attached hydrogen (secondary N) is 1. The van der Waals surface area contributed by atoms with Crippen LogP contribution >= 0.6 is 0 Å². The fourth-order valence-electron chi connectivity index (χ4n) is 4.39. The second kappa shape index (κ2) is 11.5.